The van der Waals surface area contributed by atoms with Gasteiger partial charge >= 0.3 is 0 Å². The fourth-order valence-electron chi connectivity index (χ4n) is 4.35. The lowest BCUT2D eigenvalue weighted by Crippen LogP contribution is -2.55. The van der Waals surface area contributed by atoms with Crippen molar-refractivity contribution in [3.8, 4) is 0 Å². The number of benzene rings is 2. The highest BCUT2D eigenvalue weighted by atomic mass is 19.1. The average molecular weight is 486 g/mol. The molecule has 1 saturated carbocycles. The first-order valence-electron chi connectivity index (χ1n) is 11.9. The van der Waals surface area contributed by atoms with E-state index in [2.05, 4.69) is 10.6 Å². The average Bonchev–Trinajstić information content (AvgIpc) is 3.66. The molecule has 1 aliphatic carbocycles. The fraction of sp³-hybridized carbons (Fsp3) is 0.423. The first-order valence-corrected chi connectivity index (χ1v) is 11.9. The van der Waals surface area contributed by atoms with Gasteiger partial charge in [0.15, 0.2) is 0 Å². The van der Waals surface area contributed by atoms with Crippen LogP contribution in [0.3, 0.4) is 0 Å². The van der Waals surface area contributed by atoms with E-state index in [-0.39, 0.29) is 29.7 Å². The van der Waals surface area contributed by atoms with E-state index in [4.69, 9.17) is 4.74 Å². The topological polar surface area (TPSA) is 87.7 Å². The second-order valence-electron chi connectivity index (χ2n) is 8.97. The Morgan fingerprint density at radius 3 is 2.26 bits per heavy atom. The Hall–Kier alpha value is -3.33. The van der Waals surface area contributed by atoms with Crippen LogP contribution in [-0.4, -0.2) is 61.5 Å². The van der Waals surface area contributed by atoms with Gasteiger partial charge in [0.25, 0.3) is 5.91 Å². The molecule has 0 unspecified atom stereocenters. The molecule has 1 aliphatic heterocycles. The van der Waals surface area contributed by atoms with Crippen LogP contribution in [0, 0.1) is 17.6 Å². The lowest BCUT2D eigenvalue weighted by Gasteiger charge is -2.30. The molecular weight excluding hydrogens is 456 g/mol. The van der Waals surface area contributed by atoms with Crippen LogP contribution in [0.25, 0.3) is 0 Å². The third-order valence-corrected chi connectivity index (χ3v) is 6.50. The first kappa shape index (κ1) is 24.8. The van der Waals surface area contributed by atoms with Crippen LogP contribution in [0.1, 0.15) is 41.1 Å². The minimum Gasteiger partial charge on any atom is -0.378 e. The monoisotopic (exact) mass is 485 g/mol. The second kappa shape index (κ2) is 11.4. The largest absolute Gasteiger partial charge is 0.378 e. The third-order valence-electron chi connectivity index (χ3n) is 6.50. The van der Waals surface area contributed by atoms with Crippen molar-refractivity contribution in [2.24, 2.45) is 5.92 Å². The van der Waals surface area contributed by atoms with Gasteiger partial charge < -0.3 is 20.3 Å². The zero-order valence-electron chi connectivity index (χ0n) is 19.3. The van der Waals surface area contributed by atoms with Crippen molar-refractivity contribution in [3.05, 3.63) is 71.3 Å². The number of hydrogen-bond donors (Lipinski definition) is 2. The maximum atomic E-state index is 13.2. The maximum absolute atomic E-state index is 13.2. The Bertz CT molecular complexity index is 1040. The Morgan fingerprint density at radius 1 is 0.971 bits per heavy atom. The molecular formula is C26H29F2N3O4. The summed E-state index contributed by atoms with van der Waals surface area (Å²) in [6.45, 7) is 1.58. The Kier molecular flexibility index (Phi) is 8.07. The highest BCUT2D eigenvalue weighted by molar-refractivity contribution is 5.97. The summed E-state index contributed by atoms with van der Waals surface area (Å²) in [6.07, 6.45) is 1.95. The van der Waals surface area contributed by atoms with Gasteiger partial charge in [-0.2, -0.15) is 0 Å². The minimum atomic E-state index is -0.956. The SMILES string of the molecule is O=C(CC[C@@H]1C[C@H]1c1ccc(F)cc1)NC[C@H](NC(=O)c1ccc(F)cc1)C(=O)N1CCOCC1. The van der Waals surface area contributed by atoms with Gasteiger partial charge in [-0.05, 0) is 66.6 Å². The van der Waals surface area contributed by atoms with Crippen LogP contribution in [0.15, 0.2) is 48.5 Å². The van der Waals surface area contributed by atoms with Gasteiger partial charge in [-0.3, -0.25) is 14.4 Å². The first-order chi connectivity index (χ1) is 16.9. The zero-order chi connectivity index (χ0) is 24.8. The summed E-state index contributed by atoms with van der Waals surface area (Å²) in [7, 11) is 0. The molecule has 186 valence electrons. The summed E-state index contributed by atoms with van der Waals surface area (Å²) >= 11 is 0. The zero-order valence-corrected chi connectivity index (χ0v) is 19.3. The molecule has 0 radical (unpaired) electrons. The van der Waals surface area contributed by atoms with E-state index in [0.29, 0.717) is 51.0 Å². The number of morpholine rings is 1. The molecule has 2 fully saturated rings. The summed E-state index contributed by atoms with van der Waals surface area (Å²) < 4.78 is 31.6. The van der Waals surface area contributed by atoms with E-state index in [1.54, 1.807) is 17.0 Å². The number of ether oxygens (including phenoxy) is 1. The summed E-state index contributed by atoms with van der Waals surface area (Å²) in [4.78, 5) is 39.8. The van der Waals surface area contributed by atoms with Crippen molar-refractivity contribution in [1.29, 1.82) is 0 Å². The van der Waals surface area contributed by atoms with Gasteiger partial charge in [0.1, 0.15) is 17.7 Å². The van der Waals surface area contributed by atoms with Crippen LogP contribution in [0.2, 0.25) is 0 Å². The van der Waals surface area contributed by atoms with Gasteiger partial charge in [0, 0.05) is 31.6 Å². The highest BCUT2D eigenvalue weighted by Gasteiger charge is 2.38. The lowest BCUT2D eigenvalue weighted by atomic mass is 10.1. The highest BCUT2D eigenvalue weighted by Crippen LogP contribution is 2.50. The Labute approximate surface area is 202 Å². The molecule has 2 aromatic rings. The molecule has 0 bridgehead atoms. The molecule has 2 aliphatic rings. The van der Waals surface area contributed by atoms with Gasteiger partial charge in [-0.25, -0.2) is 8.78 Å². The van der Waals surface area contributed by atoms with E-state index in [1.165, 1.54) is 36.4 Å². The standard InChI is InChI=1S/C26H29F2N3O4/c27-20-6-1-17(2-7-20)22-15-19(22)5-10-24(32)29-16-23(26(34)31-11-13-35-14-12-31)30-25(33)18-3-8-21(28)9-4-18/h1-4,6-9,19,22-23H,5,10-16H2,(H,29,32)(H,30,33)/t19-,22+,23+/m1/s1. The molecule has 7 nitrogen and oxygen atoms in total. The Balaban J connectivity index is 1.29. The number of carbonyl (C=O) groups is 3. The van der Waals surface area contributed by atoms with E-state index >= 15 is 0 Å². The number of amides is 3. The summed E-state index contributed by atoms with van der Waals surface area (Å²) in [5, 5.41) is 5.45. The predicted molar refractivity (Wildman–Crippen MR) is 125 cm³/mol. The van der Waals surface area contributed by atoms with Gasteiger partial charge in [0.2, 0.25) is 11.8 Å². The van der Waals surface area contributed by atoms with Crippen LogP contribution in [-0.2, 0) is 14.3 Å². The quantitative estimate of drug-likeness (QED) is 0.572. The fourth-order valence-corrected chi connectivity index (χ4v) is 4.35. The molecule has 1 saturated heterocycles. The number of nitrogens with zero attached hydrogens (tertiary/aromatic N) is 1. The Morgan fingerprint density at radius 2 is 1.60 bits per heavy atom. The molecule has 9 heteroatoms. The normalized spacial score (nSPS) is 20.1. The molecule has 3 amide bonds. The molecule has 2 aromatic carbocycles. The number of carbonyl (C=O) groups excluding carboxylic acids is 3. The second-order valence-corrected chi connectivity index (χ2v) is 8.97. The predicted octanol–water partition coefficient (Wildman–Crippen LogP) is 2.62. The molecule has 1 heterocycles. The van der Waals surface area contributed by atoms with E-state index in [9.17, 15) is 23.2 Å². The van der Waals surface area contributed by atoms with E-state index in [0.717, 1.165) is 12.0 Å². The molecule has 2 N–H and O–H groups in total. The molecule has 35 heavy (non-hydrogen) atoms. The van der Waals surface area contributed by atoms with Gasteiger partial charge in [0.05, 0.1) is 13.2 Å². The third kappa shape index (κ3) is 6.85. The van der Waals surface area contributed by atoms with Crippen molar-refractivity contribution >= 4 is 17.7 Å². The summed E-state index contributed by atoms with van der Waals surface area (Å²) in [5.74, 6) is -1.05. The van der Waals surface area contributed by atoms with Crippen molar-refractivity contribution < 1.29 is 27.9 Å². The molecule has 0 aromatic heterocycles. The van der Waals surface area contributed by atoms with Gasteiger partial charge in [-0.15, -0.1) is 0 Å². The molecule has 3 atom stereocenters. The van der Waals surface area contributed by atoms with Crippen molar-refractivity contribution in [3.63, 3.8) is 0 Å². The smallest absolute Gasteiger partial charge is 0.251 e. The minimum absolute atomic E-state index is 0.0476. The van der Waals surface area contributed by atoms with Crippen molar-refractivity contribution in [2.75, 3.05) is 32.8 Å². The summed E-state index contributed by atoms with van der Waals surface area (Å²) in [5.41, 5.74) is 1.30. The van der Waals surface area contributed by atoms with E-state index < -0.39 is 17.8 Å². The van der Waals surface area contributed by atoms with E-state index in [1.807, 2.05) is 0 Å². The van der Waals surface area contributed by atoms with Crippen LogP contribution < -0.4 is 10.6 Å². The lowest BCUT2D eigenvalue weighted by molar-refractivity contribution is -0.137. The van der Waals surface area contributed by atoms with Crippen molar-refractivity contribution in [1.82, 2.24) is 15.5 Å². The number of nitrogens with one attached hydrogen (secondary N) is 2. The molecule has 0 spiro atoms. The number of rotatable bonds is 9. The maximum Gasteiger partial charge on any atom is 0.251 e. The van der Waals surface area contributed by atoms with Crippen LogP contribution >= 0.6 is 0 Å². The molecule has 4 rings (SSSR count). The van der Waals surface area contributed by atoms with Crippen molar-refractivity contribution in [2.45, 2.75) is 31.2 Å². The summed E-state index contributed by atoms with van der Waals surface area (Å²) in [6, 6.07) is 10.5. The van der Waals surface area contributed by atoms with Crippen LogP contribution in [0.4, 0.5) is 8.78 Å². The van der Waals surface area contributed by atoms with Crippen LogP contribution in [0.5, 0.6) is 0 Å². The number of hydrogen-bond acceptors (Lipinski definition) is 4. The van der Waals surface area contributed by atoms with Gasteiger partial charge in [-0.1, -0.05) is 12.1 Å². The number of halogens is 2.